The van der Waals surface area contributed by atoms with Crippen LogP contribution in [0.1, 0.15) is 10.4 Å². The van der Waals surface area contributed by atoms with Crippen LogP contribution in [-0.4, -0.2) is 15.8 Å². The second-order valence-electron chi connectivity index (χ2n) is 3.65. The van der Waals surface area contributed by atoms with Crippen LogP contribution in [0.3, 0.4) is 0 Å². The number of benzene rings is 1. The van der Waals surface area contributed by atoms with E-state index in [9.17, 15) is 19.7 Å². The fourth-order valence-corrected chi connectivity index (χ4v) is 1.52. The minimum absolute atomic E-state index is 0.0424. The van der Waals surface area contributed by atoms with Gasteiger partial charge in [-0.3, -0.25) is 19.7 Å². The number of aromatic amines is 1. The first-order valence-electron chi connectivity index (χ1n) is 5.31. The number of hydrogen-bond acceptors (Lipinski definition) is 4. The number of nitrogens with zero attached hydrogens (tertiary/aromatic N) is 1. The Bertz CT molecular complexity index is 693. The number of amides is 1. The number of aromatic nitrogens is 1. The molecule has 0 aliphatic rings. The number of nitro groups is 1. The highest BCUT2D eigenvalue weighted by molar-refractivity contribution is 6.05. The third-order valence-electron chi connectivity index (χ3n) is 2.42. The van der Waals surface area contributed by atoms with Gasteiger partial charge in [0, 0.05) is 24.5 Å². The highest BCUT2D eigenvalue weighted by Gasteiger charge is 2.16. The van der Waals surface area contributed by atoms with E-state index in [4.69, 9.17) is 0 Å². The zero-order valence-corrected chi connectivity index (χ0v) is 9.62. The molecule has 0 radical (unpaired) electrons. The predicted molar refractivity (Wildman–Crippen MR) is 68.1 cm³/mol. The molecule has 2 aromatic rings. The van der Waals surface area contributed by atoms with Gasteiger partial charge in [0.15, 0.2) is 5.43 Å². The largest absolute Gasteiger partial charge is 0.367 e. The maximum absolute atomic E-state index is 11.9. The highest BCUT2D eigenvalue weighted by Crippen LogP contribution is 2.23. The highest BCUT2D eigenvalue weighted by atomic mass is 16.6. The van der Waals surface area contributed by atoms with E-state index in [1.807, 2.05) is 0 Å². The molecule has 0 saturated carbocycles. The summed E-state index contributed by atoms with van der Waals surface area (Å²) in [6.45, 7) is 0. The first-order valence-corrected chi connectivity index (χ1v) is 5.31. The molecule has 2 rings (SSSR count). The van der Waals surface area contributed by atoms with Crippen molar-refractivity contribution in [1.82, 2.24) is 4.98 Å². The van der Waals surface area contributed by atoms with Crippen molar-refractivity contribution in [2.75, 3.05) is 5.32 Å². The van der Waals surface area contributed by atoms with Crippen LogP contribution in [0.15, 0.2) is 47.5 Å². The maximum Gasteiger partial charge on any atom is 0.292 e. The van der Waals surface area contributed by atoms with E-state index in [2.05, 4.69) is 10.3 Å². The van der Waals surface area contributed by atoms with Gasteiger partial charge < -0.3 is 10.3 Å². The van der Waals surface area contributed by atoms with E-state index in [0.717, 1.165) is 0 Å². The molecule has 0 saturated heterocycles. The van der Waals surface area contributed by atoms with Crippen molar-refractivity contribution >= 4 is 17.3 Å². The minimum Gasteiger partial charge on any atom is -0.367 e. The van der Waals surface area contributed by atoms with E-state index in [0.29, 0.717) is 0 Å². The number of H-pyrrole nitrogens is 1. The number of nitro benzene ring substituents is 1. The summed E-state index contributed by atoms with van der Waals surface area (Å²) in [6, 6.07) is 6.91. The van der Waals surface area contributed by atoms with Crippen LogP contribution in [0, 0.1) is 10.1 Å². The number of hydrogen-bond donors (Lipinski definition) is 2. The normalized spacial score (nSPS) is 9.89. The van der Waals surface area contributed by atoms with Gasteiger partial charge in [-0.15, -0.1) is 0 Å². The summed E-state index contributed by atoms with van der Waals surface area (Å²) in [5, 5.41) is 13.1. The lowest BCUT2D eigenvalue weighted by molar-refractivity contribution is -0.383. The van der Waals surface area contributed by atoms with Gasteiger partial charge in [-0.1, -0.05) is 12.1 Å². The number of carbonyl (C=O) groups is 1. The molecular weight excluding hydrogens is 250 g/mol. The van der Waals surface area contributed by atoms with Crippen molar-refractivity contribution < 1.29 is 9.72 Å². The molecule has 7 heteroatoms. The van der Waals surface area contributed by atoms with Gasteiger partial charge in [0.25, 0.3) is 11.6 Å². The number of rotatable bonds is 3. The van der Waals surface area contributed by atoms with Crippen molar-refractivity contribution in [2.24, 2.45) is 0 Å². The van der Waals surface area contributed by atoms with Gasteiger partial charge in [-0.05, 0) is 6.07 Å². The third-order valence-corrected chi connectivity index (χ3v) is 2.42. The van der Waals surface area contributed by atoms with Crippen molar-refractivity contribution in [3.63, 3.8) is 0 Å². The first-order chi connectivity index (χ1) is 9.09. The number of para-hydroxylation sites is 2. The van der Waals surface area contributed by atoms with Gasteiger partial charge in [0.05, 0.1) is 4.92 Å². The van der Waals surface area contributed by atoms with Gasteiger partial charge in [0.1, 0.15) is 11.3 Å². The topological polar surface area (TPSA) is 105 Å². The molecule has 0 unspecified atom stereocenters. The van der Waals surface area contributed by atoms with E-state index in [1.54, 1.807) is 6.07 Å². The Morgan fingerprint density at radius 1 is 1.26 bits per heavy atom. The average molecular weight is 259 g/mol. The molecule has 0 bridgehead atoms. The van der Waals surface area contributed by atoms with Crippen LogP contribution in [0.25, 0.3) is 0 Å². The van der Waals surface area contributed by atoms with Crippen LogP contribution < -0.4 is 10.7 Å². The second kappa shape index (κ2) is 5.13. The number of carbonyl (C=O) groups excluding carboxylic acids is 1. The molecule has 19 heavy (non-hydrogen) atoms. The van der Waals surface area contributed by atoms with Gasteiger partial charge in [-0.25, -0.2) is 0 Å². The predicted octanol–water partition coefficient (Wildman–Crippen LogP) is 1.54. The molecule has 1 heterocycles. The van der Waals surface area contributed by atoms with Crippen LogP contribution in [0.4, 0.5) is 11.4 Å². The summed E-state index contributed by atoms with van der Waals surface area (Å²) in [5.41, 5.74) is -0.764. The molecule has 1 aromatic heterocycles. The Labute approximate surface area is 107 Å². The Kier molecular flexibility index (Phi) is 3.37. The molecule has 0 fully saturated rings. The summed E-state index contributed by atoms with van der Waals surface area (Å²) in [7, 11) is 0. The SMILES string of the molecule is O=C(Nc1ccccc1[N+](=O)[O-])c1c[nH]ccc1=O. The number of nitrogens with one attached hydrogen (secondary N) is 2. The Balaban J connectivity index is 2.33. The third kappa shape index (κ3) is 2.65. The summed E-state index contributed by atoms with van der Waals surface area (Å²) >= 11 is 0. The van der Waals surface area contributed by atoms with Crippen molar-refractivity contribution in [3.8, 4) is 0 Å². The van der Waals surface area contributed by atoms with E-state index in [-0.39, 0.29) is 16.9 Å². The molecule has 0 aliphatic carbocycles. The lowest BCUT2D eigenvalue weighted by Gasteiger charge is -2.04. The summed E-state index contributed by atoms with van der Waals surface area (Å²) in [5.74, 6) is -0.698. The standard InChI is InChI=1S/C12H9N3O4/c16-11-5-6-13-7-8(11)12(17)14-9-3-1-2-4-10(9)15(18)19/h1-7H,(H,13,16)(H,14,17). The number of pyridine rings is 1. The fraction of sp³-hybridized carbons (Fsp3) is 0. The van der Waals surface area contributed by atoms with Gasteiger partial charge in [-0.2, -0.15) is 0 Å². The summed E-state index contributed by atoms with van der Waals surface area (Å²) in [6.07, 6.45) is 2.64. The van der Waals surface area contributed by atoms with E-state index in [1.165, 1.54) is 36.7 Å². The molecule has 0 atom stereocenters. The smallest absolute Gasteiger partial charge is 0.292 e. The molecule has 2 N–H and O–H groups in total. The molecule has 1 amide bonds. The Morgan fingerprint density at radius 2 is 2.00 bits per heavy atom. The van der Waals surface area contributed by atoms with E-state index >= 15 is 0 Å². The van der Waals surface area contributed by atoms with Gasteiger partial charge >= 0.3 is 0 Å². The molecule has 7 nitrogen and oxygen atoms in total. The molecule has 96 valence electrons. The monoisotopic (exact) mass is 259 g/mol. The first kappa shape index (κ1) is 12.5. The van der Waals surface area contributed by atoms with Crippen LogP contribution in [0.2, 0.25) is 0 Å². The molecule has 0 spiro atoms. The van der Waals surface area contributed by atoms with Gasteiger partial charge in [0.2, 0.25) is 0 Å². The van der Waals surface area contributed by atoms with Crippen molar-refractivity contribution in [2.45, 2.75) is 0 Å². The Morgan fingerprint density at radius 3 is 2.68 bits per heavy atom. The summed E-state index contributed by atoms with van der Waals surface area (Å²) < 4.78 is 0. The second-order valence-corrected chi connectivity index (χ2v) is 3.65. The van der Waals surface area contributed by atoms with E-state index < -0.39 is 16.3 Å². The lowest BCUT2D eigenvalue weighted by atomic mass is 10.2. The van der Waals surface area contributed by atoms with Crippen LogP contribution >= 0.6 is 0 Å². The lowest BCUT2D eigenvalue weighted by Crippen LogP contribution is -2.21. The molecule has 0 aliphatic heterocycles. The molecular formula is C12H9N3O4. The van der Waals surface area contributed by atoms with Crippen LogP contribution in [-0.2, 0) is 0 Å². The zero-order valence-electron chi connectivity index (χ0n) is 9.62. The fourth-order valence-electron chi connectivity index (χ4n) is 1.52. The van der Waals surface area contributed by atoms with Crippen molar-refractivity contribution in [3.05, 3.63) is 68.6 Å². The maximum atomic E-state index is 11.9. The number of anilines is 1. The molecule has 1 aromatic carbocycles. The zero-order chi connectivity index (χ0) is 13.8. The van der Waals surface area contributed by atoms with Crippen molar-refractivity contribution in [1.29, 1.82) is 0 Å². The average Bonchev–Trinajstić information content (AvgIpc) is 2.39. The minimum atomic E-state index is -0.698. The Hall–Kier alpha value is -2.96. The quantitative estimate of drug-likeness (QED) is 0.644. The summed E-state index contributed by atoms with van der Waals surface area (Å²) in [4.78, 5) is 36.1. The van der Waals surface area contributed by atoms with Crippen LogP contribution in [0.5, 0.6) is 0 Å².